The lowest BCUT2D eigenvalue weighted by Crippen LogP contribution is -2.30. The van der Waals surface area contributed by atoms with E-state index in [-0.39, 0.29) is 17.5 Å². The number of ether oxygens (including phenoxy) is 1. The van der Waals surface area contributed by atoms with Gasteiger partial charge in [-0.1, -0.05) is 35.9 Å². The number of hydrogen-bond acceptors (Lipinski definition) is 4. The summed E-state index contributed by atoms with van der Waals surface area (Å²) in [6, 6.07) is 11.6. The van der Waals surface area contributed by atoms with Gasteiger partial charge in [0.15, 0.2) is 11.9 Å². The van der Waals surface area contributed by atoms with Crippen LogP contribution < -0.4 is 0 Å². The van der Waals surface area contributed by atoms with Gasteiger partial charge in [-0.15, -0.1) is 11.8 Å². The molecule has 0 spiro atoms. The largest absolute Gasteiger partial charge is 0.454 e. The smallest absolute Gasteiger partial charge is 0.316 e. The second-order valence-corrected chi connectivity index (χ2v) is 7.00. The number of ketones is 1. The monoisotopic (exact) mass is 348 g/mol. The molecule has 0 unspecified atom stereocenters. The number of carbonyl (C=O) groups excluding carboxylic acids is 2. The summed E-state index contributed by atoms with van der Waals surface area (Å²) in [4.78, 5) is 24.7. The van der Waals surface area contributed by atoms with Crippen LogP contribution in [0, 0.1) is 0 Å². The highest BCUT2D eigenvalue weighted by atomic mass is 35.5. The van der Waals surface area contributed by atoms with Crippen molar-refractivity contribution in [3.8, 4) is 0 Å². The fourth-order valence-corrected chi connectivity index (χ4v) is 4.02. The minimum atomic E-state index is -0.548. The molecule has 2 aromatic rings. The van der Waals surface area contributed by atoms with E-state index < -0.39 is 6.10 Å². The van der Waals surface area contributed by atoms with Crippen LogP contribution >= 0.6 is 23.4 Å². The van der Waals surface area contributed by atoms with Crippen LogP contribution in [0.15, 0.2) is 41.3 Å². The summed E-state index contributed by atoms with van der Waals surface area (Å²) in [6.45, 7) is 0. The Labute approximate surface area is 144 Å². The molecule has 2 aromatic carbocycles. The van der Waals surface area contributed by atoms with Gasteiger partial charge in [0.25, 0.3) is 0 Å². The zero-order valence-electron chi connectivity index (χ0n) is 12.6. The average molecular weight is 349 g/mol. The number of halogens is 1. The normalized spacial score (nSPS) is 18.1. The quantitative estimate of drug-likeness (QED) is 0.596. The molecule has 0 amide bonds. The number of esters is 1. The van der Waals surface area contributed by atoms with Crippen molar-refractivity contribution in [2.75, 3.05) is 5.75 Å². The summed E-state index contributed by atoms with van der Waals surface area (Å²) in [6.07, 6.45) is 2.46. The Kier molecular flexibility index (Phi) is 5.23. The molecule has 0 radical (unpaired) electrons. The molecular weight excluding hydrogens is 332 g/mol. The zero-order chi connectivity index (χ0) is 16.2. The molecule has 1 fully saturated rings. The molecule has 1 aliphatic carbocycles. The van der Waals surface area contributed by atoms with Crippen molar-refractivity contribution in [1.82, 2.24) is 0 Å². The Hall–Kier alpha value is -1.52. The Bertz CT molecular complexity index is 739. The van der Waals surface area contributed by atoms with Crippen LogP contribution in [-0.2, 0) is 14.3 Å². The van der Waals surface area contributed by atoms with Gasteiger partial charge in [-0.3, -0.25) is 9.59 Å². The van der Waals surface area contributed by atoms with E-state index in [9.17, 15) is 9.59 Å². The van der Waals surface area contributed by atoms with Crippen molar-refractivity contribution in [3.05, 3.63) is 41.4 Å². The molecular formula is C18H17ClO3S. The first-order chi connectivity index (χ1) is 11.1. The van der Waals surface area contributed by atoms with Crippen molar-refractivity contribution in [2.45, 2.75) is 36.7 Å². The van der Waals surface area contributed by atoms with Crippen LogP contribution in [0.2, 0.25) is 5.02 Å². The van der Waals surface area contributed by atoms with E-state index in [4.69, 9.17) is 16.3 Å². The van der Waals surface area contributed by atoms with Crippen molar-refractivity contribution < 1.29 is 14.3 Å². The van der Waals surface area contributed by atoms with Gasteiger partial charge >= 0.3 is 5.97 Å². The predicted octanol–water partition coefficient (Wildman–Crippen LogP) is 4.64. The first-order valence-electron chi connectivity index (χ1n) is 7.67. The molecule has 0 saturated heterocycles. The molecule has 1 aliphatic rings. The highest BCUT2D eigenvalue weighted by Gasteiger charge is 2.25. The topological polar surface area (TPSA) is 43.4 Å². The second-order valence-electron chi connectivity index (χ2n) is 5.57. The van der Waals surface area contributed by atoms with Crippen molar-refractivity contribution >= 4 is 45.9 Å². The van der Waals surface area contributed by atoms with Crippen LogP contribution in [0.25, 0.3) is 10.8 Å². The van der Waals surface area contributed by atoms with E-state index in [0.717, 1.165) is 28.5 Å². The summed E-state index contributed by atoms with van der Waals surface area (Å²) >= 11 is 7.67. The van der Waals surface area contributed by atoms with Crippen LogP contribution in [-0.4, -0.2) is 23.6 Å². The van der Waals surface area contributed by atoms with E-state index in [2.05, 4.69) is 0 Å². The number of carbonyl (C=O) groups is 2. The van der Waals surface area contributed by atoms with Crippen molar-refractivity contribution in [2.24, 2.45) is 0 Å². The van der Waals surface area contributed by atoms with Crippen molar-refractivity contribution in [3.63, 3.8) is 0 Å². The van der Waals surface area contributed by atoms with Crippen LogP contribution in [0.5, 0.6) is 0 Å². The Morgan fingerprint density at radius 2 is 2.00 bits per heavy atom. The predicted molar refractivity (Wildman–Crippen MR) is 93.0 cm³/mol. The number of fused-ring (bicyclic) bond motifs is 1. The minimum Gasteiger partial charge on any atom is -0.454 e. The Morgan fingerprint density at radius 1 is 1.22 bits per heavy atom. The summed E-state index contributed by atoms with van der Waals surface area (Å²) in [5, 5.41) is 2.66. The molecule has 0 bridgehead atoms. The summed E-state index contributed by atoms with van der Waals surface area (Å²) in [7, 11) is 0. The lowest BCUT2D eigenvalue weighted by atomic mass is 9.96. The molecule has 120 valence electrons. The number of benzene rings is 2. The van der Waals surface area contributed by atoms with Gasteiger partial charge in [0, 0.05) is 21.7 Å². The Morgan fingerprint density at radius 3 is 2.78 bits per heavy atom. The third-order valence-electron chi connectivity index (χ3n) is 3.93. The lowest BCUT2D eigenvalue weighted by molar-refractivity contribution is -0.154. The molecule has 5 heteroatoms. The molecule has 0 heterocycles. The van der Waals surface area contributed by atoms with Gasteiger partial charge in [-0.05, 0) is 36.8 Å². The molecule has 0 aromatic heterocycles. The first-order valence-corrected chi connectivity index (χ1v) is 9.04. The van der Waals surface area contributed by atoms with E-state index in [0.29, 0.717) is 17.9 Å². The number of rotatable bonds is 4. The maximum atomic E-state index is 12.0. The van der Waals surface area contributed by atoms with Gasteiger partial charge in [-0.25, -0.2) is 0 Å². The fourth-order valence-electron chi connectivity index (χ4n) is 2.79. The highest BCUT2D eigenvalue weighted by Crippen LogP contribution is 2.33. The van der Waals surface area contributed by atoms with Crippen molar-refractivity contribution in [1.29, 1.82) is 0 Å². The summed E-state index contributed by atoms with van der Waals surface area (Å²) in [5.74, 6) is -0.129. The molecule has 23 heavy (non-hydrogen) atoms. The maximum Gasteiger partial charge on any atom is 0.316 e. The third-order valence-corrected chi connectivity index (χ3v) is 5.28. The SMILES string of the molecule is O=C(CSc1cccc2cccc(Cl)c12)O[C@@H]1CCCCC1=O. The average Bonchev–Trinajstić information content (AvgIpc) is 2.55. The van der Waals surface area contributed by atoms with Gasteiger partial charge < -0.3 is 4.74 Å². The highest BCUT2D eigenvalue weighted by molar-refractivity contribution is 8.00. The number of thioether (sulfide) groups is 1. The number of hydrogen-bond donors (Lipinski definition) is 0. The summed E-state index contributed by atoms with van der Waals surface area (Å²) < 4.78 is 5.33. The van der Waals surface area contributed by atoms with Crippen LogP contribution in [0.1, 0.15) is 25.7 Å². The third kappa shape index (κ3) is 3.88. The molecule has 1 saturated carbocycles. The molecule has 0 aliphatic heterocycles. The molecule has 0 N–H and O–H groups in total. The second kappa shape index (κ2) is 7.37. The lowest BCUT2D eigenvalue weighted by Gasteiger charge is -2.20. The van der Waals surface area contributed by atoms with Gasteiger partial charge in [0.1, 0.15) is 0 Å². The zero-order valence-corrected chi connectivity index (χ0v) is 14.2. The number of Topliss-reactive ketones (excluding diaryl/α,β-unsaturated/α-hetero) is 1. The first kappa shape index (κ1) is 16.3. The minimum absolute atomic E-state index is 0.0443. The van der Waals surface area contributed by atoms with Crippen LogP contribution in [0.4, 0.5) is 0 Å². The molecule has 1 atom stereocenters. The fraction of sp³-hybridized carbons (Fsp3) is 0.333. The van der Waals surface area contributed by atoms with Gasteiger partial charge in [-0.2, -0.15) is 0 Å². The van der Waals surface area contributed by atoms with E-state index >= 15 is 0 Å². The van der Waals surface area contributed by atoms with Gasteiger partial charge in [0.2, 0.25) is 0 Å². The molecule has 3 nitrogen and oxygen atoms in total. The molecule has 3 rings (SSSR count). The van der Waals surface area contributed by atoms with E-state index in [1.807, 2.05) is 36.4 Å². The maximum absolute atomic E-state index is 12.0. The standard InChI is InChI=1S/C18H17ClO3S/c19-13-7-3-5-12-6-4-10-16(18(12)13)23-11-17(21)22-15-9-2-1-8-14(15)20/h3-7,10,15H,1-2,8-9,11H2/t15-/m1/s1. The van der Waals surface area contributed by atoms with Crippen LogP contribution in [0.3, 0.4) is 0 Å². The summed E-state index contributed by atoms with van der Waals surface area (Å²) in [5.41, 5.74) is 0. The Balaban J connectivity index is 1.66. The van der Waals surface area contributed by atoms with E-state index in [1.165, 1.54) is 11.8 Å². The van der Waals surface area contributed by atoms with Gasteiger partial charge in [0.05, 0.1) is 5.75 Å². The van der Waals surface area contributed by atoms with E-state index in [1.54, 1.807) is 0 Å².